The van der Waals surface area contributed by atoms with Crippen molar-refractivity contribution in [3.05, 3.63) is 28.7 Å². The molecule has 122 valence electrons. The summed E-state index contributed by atoms with van der Waals surface area (Å²) in [5.41, 5.74) is 0. The van der Waals surface area contributed by atoms with E-state index in [0.717, 1.165) is 22.4 Å². The molecule has 1 aliphatic rings. The van der Waals surface area contributed by atoms with Crippen molar-refractivity contribution in [3.63, 3.8) is 0 Å². The van der Waals surface area contributed by atoms with Crippen molar-refractivity contribution in [2.45, 2.75) is 38.6 Å². The molecule has 3 nitrogen and oxygen atoms in total. The van der Waals surface area contributed by atoms with E-state index in [-0.39, 0.29) is 5.91 Å². The summed E-state index contributed by atoms with van der Waals surface area (Å²) in [6.45, 7) is 2.86. The molecule has 1 aromatic rings. The van der Waals surface area contributed by atoms with Gasteiger partial charge in [-0.05, 0) is 43.0 Å². The van der Waals surface area contributed by atoms with Gasteiger partial charge in [-0.1, -0.05) is 35.7 Å². The largest absolute Gasteiger partial charge is 0.493 e. The van der Waals surface area contributed by atoms with Crippen LogP contribution in [0, 0.1) is 5.92 Å². The number of rotatable bonds is 7. The van der Waals surface area contributed by atoms with Crippen LogP contribution in [0.3, 0.4) is 0 Å². The molecule has 1 aromatic carbocycles. The molecule has 5 heteroatoms. The van der Waals surface area contributed by atoms with Crippen LogP contribution in [0.15, 0.2) is 28.7 Å². The van der Waals surface area contributed by atoms with E-state index >= 15 is 0 Å². The molecule has 0 radical (unpaired) electrons. The van der Waals surface area contributed by atoms with Crippen molar-refractivity contribution in [2.75, 3.05) is 18.1 Å². The summed E-state index contributed by atoms with van der Waals surface area (Å²) in [7, 11) is 0. The number of carbonyl (C=O) groups excluding carboxylic acids is 1. The molecule has 2 unspecified atom stereocenters. The Morgan fingerprint density at radius 1 is 1.32 bits per heavy atom. The lowest BCUT2D eigenvalue weighted by molar-refractivity contribution is -0.119. The zero-order valence-corrected chi connectivity index (χ0v) is 15.4. The second-order valence-electron chi connectivity index (χ2n) is 5.79. The monoisotopic (exact) mass is 385 g/mol. The maximum absolute atomic E-state index is 11.9. The number of hydrogen-bond donors (Lipinski definition) is 1. The lowest BCUT2D eigenvalue weighted by atomic mass is 9.86. The van der Waals surface area contributed by atoms with Crippen LogP contribution >= 0.6 is 27.7 Å². The highest BCUT2D eigenvalue weighted by molar-refractivity contribution is 9.10. The summed E-state index contributed by atoms with van der Waals surface area (Å²) in [5.74, 6) is 2.98. The molecule has 1 amide bonds. The first-order valence-corrected chi connectivity index (χ1v) is 9.85. The van der Waals surface area contributed by atoms with Crippen molar-refractivity contribution in [1.29, 1.82) is 0 Å². The molecule has 0 saturated heterocycles. The lowest BCUT2D eigenvalue weighted by Crippen LogP contribution is -2.41. The molecular weight excluding hydrogens is 362 g/mol. The number of ether oxygens (including phenoxy) is 1. The fourth-order valence-corrected chi connectivity index (χ4v) is 3.57. The molecule has 2 rings (SSSR count). The predicted molar refractivity (Wildman–Crippen MR) is 96.5 cm³/mol. The van der Waals surface area contributed by atoms with E-state index in [1.807, 2.05) is 24.3 Å². The topological polar surface area (TPSA) is 38.3 Å². The van der Waals surface area contributed by atoms with Gasteiger partial charge in [0.25, 0.3) is 0 Å². The van der Waals surface area contributed by atoms with Crippen LogP contribution < -0.4 is 10.1 Å². The van der Waals surface area contributed by atoms with Gasteiger partial charge < -0.3 is 10.1 Å². The van der Waals surface area contributed by atoms with Gasteiger partial charge in [-0.2, -0.15) is 0 Å². The normalized spacial score (nSPS) is 21.4. The standard InChI is InChI=1S/C17H24BrNO2S/c1-13-4-2-3-5-16(13)19-17(20)12-22-11-10-21-15-8-6-14(18)7-9-15/h6-9,13,16H,2-5,10-12H2,1H3,(H,19,20). The third-order valence-electron chi connectivity index (χ3n) is 4.00. The second kappa shape index (κ2) is 9.46. The molecule has 0 heterocycles. The Morgan fingerprint density at radius 3 is 2.77 bits per heavy atom. The first-order valence-electron chi connectivity index (χ1n) is 7.90. The number of hydrogen-bond acceptors (Lipinski definition) is 3. The molecule has 0 spiro atoms. The first-order chi connectivity index (χ1) is 10.6. The molecule has 1 fully saturated rings. The number of thioether (sulfide) groups is 1. The third kappa shape index (κ3) is 6.21. The van der Waals surface area contributed by atoms with Gasteiger partial charge in [-0.3, -0.25) is 4.79 Å². The molecule has 22 heavy (non-hydrogen) atoms. The summed E-state index contributed by atoms with van der Waals surface area (Å²) in [6.07, 6.45) is 4.91. The van der Waals surface area contributed by atoms with Gasteiger partial charge in [-0.15, -0.1) is 11.8 Å². The first kappa shape index (κ1) is 17.7. The quantitative estimate of drug-likeness (QED) is 0.712. The van der Waals surface area contributed by atoms with E-state index in [1.54, 1.807) is 11.8 Å². The van der Waals surface area contributed by atoms with Crippen LogP contribution in [0.1, 0.15) is 32.6 Å². The maximum atomic E-state index is 11.9. The van der Waals surface area contributed by atoms with Crippen molar-refractivity contribution >= 4 is 33.6 Å². The van der Waals surface area contributed by atoms with Gasteiger partial charge in [0.15, 0.2) is 0 Å². The Kier molecular flexibility index (Phi) is 7.60. The van der Waals surface area contributed by atoms with E-state index in [9.17, 15) is 4.79 Å². The highest BCUT2D eigenvalue weighted by Gasteiger charge is 2.22. The highest BCUT2D eigenvalue weighted by Crippen LogP contribution is 2.23. The minimum atomic E-state index is 0.160. The molecule has 1 saturated carbocycles. The number of benzene rings is 1. The van der Waals surface area contributed by atoms with Crippen LogP contribution in [0.2, 0.25) is 0 Å². The molecule has 1 aliphatic carbocycles. The minimum Gasteiger partial charge on any atom is -0.493 e. The van der Waals surface area contributed by atoms with Crippen molar-refractivity contribution in [1.82, 2.24) is 5.32 Å². The lowest BCUT2D eigenvalue weighted by Gasteiger charge is -2.29. The van der Waals surface area contributed by atoms with Gasteiger partial charge >= 0.3 is 0 Å². The van der Waals surface area contributed by atoms with Crippen LogP contribution in [0.25, 0.3) is 0 Å². The SMILES string of the molecule is CC1CCCCC1NC(=O)CSCCOc1ccc(Br)cc1. The molecule has 2 atom stereocenters. The number of carbonyl (C=O) groups is 1. The van der Waals surface area contributed by atoms with Gasteiger partial charge in [0.05, 0.1) is 12.4 Å². The van der Waals surface area contributed by atoms with E-state index in [0.29, 0.717) is 24.3 Å². The predicted octanol–water partition coefficient (Wildman–Crippen LogP) is 4.26. The molecule has 0 aliphatic heterocycles. The van der Waals surface area contributed by atoms with Crippen molar-refractivity contribution in [2.24, 2.45) is 5.92 Å². The van der Waals surface area contributed by atoms with Crippen LogP contribution in [-0.4, -0.2) is 30.1 Å². The smallest absolute Gasteiger partial charge is 0.230 e. The maximum Gasteiger partial charge on any atom is 0.230 e. The van der Waals surface area contributed by atoms with E-state index in [4.69, 9.17) is 4.74 Å². The Balaban J connectivity index is 1.56. The third-order valence-corrected chi connectivity index (χ3v) is 5.45. The Labute approximate surface area is 145 Å². The zero-order chi connectivity index (χ0) is 15.8. The summed E-state index contributed by atoms with van der Waals surface area (Å²) in [6, 6.07) is 8.17. The van der Waals surface area contributed by atoms with E-state index < -0.39 is 0 Å². The fourth-order valence-electron chi connectivity index (χ4n) is 2.69. The summed E-state index contributed by atoms with van der Waals surface area (Å²) < 4.78 is 6.68. The van der Waals surface area contributed by atoms with Gasteiger partial charge in [0.1, 0.15) is 5.75 Å². The van der Waals surface area contributed by atoms with Crippen LogP contribution in [-0.2, 0) is 4.79 Å². The molecular formula is C17H24BrNO2S. The minimum absolute atomic E-state index is 0.160. The molecule has 0 bridgehead atoms. The second-order valence-corrected chi connectivity index (χ2v) is 7.81. The highest BCUT2D eigenvalue weighted by atomic mass is 79.9. The summed E-state index contributed by atoms with van der Waals surface area (Å²) >= 11 is 5.02. The zero-order valence-electron chi connectivity index (χ0n) is 13.0. The van der Waals surface area contributed by atoms with Crippen LogP contribution in [0.5, 0.6) is 5.75 Å². The summed E-state index contributed by atoms with van der Waals surface area (Å²) in [5, 5.41) is 3.18. The Morgan fingerprint density at radius 2 is 2.05 bits per heavy atom. The number of nitrogens with one attached hydrogen (secondary N) is 1. The molecule has 1 N–H and O–H groups in total. The Hall–Kier alpha value is -0.680. The van der Waals surface area contributed by atoms with Crippen molar-refractivity contribution < 1.29 is 9.53 Å². The number of amides is 1. The Bertz CT molecular complexity index is 466. The fraction of sp³-hybridized carbons (Fsp3) is 0.588. The number of halogens is 1. The van der Waals surface area contributed by atoms with Crippen molar-refractivity contribution in [3.8, 4) is 5.75 Å². The van der Waals surface area contributed by atoms with Crippen LogP contribution in [0.4, 0.5) is 0 Å². The average Bonchev–Trinajstić information content (AvgIpc) is 2.51. The van der Waals surface area contributed by atoms with Gasteiger partial charge in [0, 0.05) is 16.3 Å². The van der Waals surface area contributed by atoms with E-state index in [2.05, 4.69) is 28.2 Å². The average molecular weight is 386 g/mol. The van der Waals surface area contributed by atoms with Gasteiger partial charge in [0.2, 0.25) is 5.91 Å². The van der Waals surface area contributed by atoms with E-state index in [1.165, 1.54) is 19.3 Å². The molecule has 0 aromatic heterocycles. The van der Waals surface area contributed by atoms with Gasteiger partial charge in [-0.25, -0.2) is 0 Å². The summed E-state index contributed by atoms with van der Waals surface area (Å²) in [4.78, 5) is 11.9.